The Hall–Kier alpha value is -1.69. The molecular weight excluding hydrogens is 334 g/mol. The third kappa shape index (κ3) is 4.48. The van der Waals surface area contributed by atoms with Crippen molar-refractivity contribution >= 4 is 10.0 Å². The topological polar surface area (TPSA) is 66.4 Å². The van der Waals surface area contributed by atoms with Crippen molar-refractivity contribution in [1.29, 1.82) is 0 Å². The Morgan fingerprint density at radius 3 is 2.32 bits per heavy atom. The zero-order valence-electron chi connectivity index (χ0n) is 14.3. The molecule has 0 aromatic heterocycles. The third-order valence-electron chi connectivity index (χ3n) is 5.04. The van der Waals surface area contributed by atoms with E-state index in [2.05, 4.69) is 4.72 Å². The van der Waals surface area contributed by atoms with Crippen molar-refractivity contribution in [2.24, 2.45) is 0 Å². The molecule has 2 aromatic carbocycles. The highest BCUT2D eigenvalue weighted by Crippen LogP contribution is 2.33. The summed E-state index contributed by atoms with van der Waals surface area (Å²) < 4.78 is 28.0. The standard InChI is InChI=1S/C20H25NO3S/c22-20(16-14-17-9-3-1-4-10-17)15-8-7-13-19(20)21-25(23,24)18-11-5-2-6-12-18/h1-6,9-12,19,21-22H,7-8,13-16H2/t19-,20+/m0/s1. The van der Waals surface area contributed by atoms with Gasteiger partial charge in [-0.1, -0.05) is 61.4 Å². The monoisotopic (exact) mass is 359 g/mol. The SMILES string of the molecule is O=S(=O)(N[C@H]1CCCC[C@@]1(O)CCc1ccccc1)c1ccccc1. The molecule has 0 aliphatic heterocycles. The molecule has 2 atom stereocenters. The van der Waals surface area contributed by atoms with Crippen LogP contribution in [0.2, 0.25) is 0 Å². The fourth-order valence-electron chi connectivity index (χ4n) is 3.55. The van der Waals surface area contributed by atoms with E-state index in [1.54, 1.807) is 30.3 Å². The normalized spacial score (nSPS) is 24.1. The van der Waals surface area contributed by atoms with Gasteiger partial charge >= 0.3 is 0 Å². The van der Waals surface area contributed by atoms with Gasteiger partial charge in [0.25, 0.3) is 0 Å². The Kier molecular flexibility index (Phi) is 5.57. The van der Waals surface area contributed by atoms with Gasteiger partial charge in [0.05, 0.1) is 16.5 Å². The fraction of sp³-hybridized carbons (Fsp3) is 0.400. The van der Waals surface area contributed by atoms with Crippen LogP contribution in [0.3, 0.4) is 0 Å². The molecule has 0 amide bonds. The van der Waals surface area contributed by atoms with Crippen molar-refractivity contribution in [2.45, 2.75) is 55.1 Å². The van der Waals surface area contributed by atoms with Crippen molar-refractivity contribution in [2.75, 3.05) is 0 Å². The average molecular weight is 359 g/mol. The number of sulfonamides is 1. The molecule has 0 unspecified atom stereocenters. The molecule has 0 spiro atoms. The number of hydrogen-bond donors (Lipinski definition) is 2. The van der Waals surface area contributed by atoms with Gasteiger partial charge in [-0.3, -0.25) is 0 Å². The lowest BCUT2D eigenvalue weighted by molar-refractivity contribution is -0.0265. The lowest BCUT2D eigenvalue weighted by Crippen LogP contribution is -2.54. The van der Waals surface area contributed by atoms with Gasteiger partial charge in [-0.25, -0.2) is 13.1 Å². The summed E-state index contributed by atoms with van der Waals surface area (Å²) in [4.78, 5) is 0.242. The molecule has 1 aliphatic rings. The number of aliphatic hydroxyl groups is 1. The van der Waals surface area contributed by atoms with E-state index >= 15 is 0 Å². The van der Waals surface area contributed by atoms with Crippen LogP contribution in [0.5, 0.6) is 0 Å². The van der Waals surface area contributed by atoms with Gasteiger partial charge in [-0.15, -0.1) is 0 Å². The Morgan fingerprint density at radius 1 is 1.00 bits per heavy atom. The maximum atomic E-state index is 12.6. The molecule has 0 radical (unpaired) electrons. The zero-order chi connectivity index (χ0) is 17.8. The highest BCUT2D eigenvalue weighted by Gasteiger charge is 2.40. The minimum absolute atomic E-state index is 0.242. The molecule has 2 N–H and O–H groups in total. The van der Waals surface area contributed by atoms with E-state index in [0.717, 1.165) is 24.8 Å². The fourth-order valence-corrected chi connectivity index (χ4v) is 4.91. The summed E-state index contributed by atoms with van der Waals surface area (Å²) in [5.41, 5.74) is 0.154. The van der Waals surface area contributed by atoms with Gasteiger partial charge in [0, 0.05) is 0 Å². The highest BCUT2D eigenvalue weighted by molar-refractivity contribution is 7.89. The molecule has 0 bridgehead atoms. The van der Waals surface area contributed by atoms with Crippen molar-refractivity contribution in [3.8, 4) is 0 Å². The van der Waals surface area contributed by atoms with Crippen LogP contribution in [-0.4, -0.2) is 25.2 Å². The van der Waals surface area contributed by atoms with Gasteiger partial charge in [0.15, 0.2) is 0 Å². The minimum Gasteiger partial charge on any atom is -0.388 e. The largest absolute Gasteiger partial charge is 0.388 e. The molecule has 1 aliphatic carbocycles. The first kappa shape index (κ1) is 18.1. The molecule has 134 valence electrons. The van der Waals surface area contributed by atoms with Crippen LogP contribution in [0.1, 0.15) is 37.7 Å². The first-order valence-corrected chi connectivity index (χ1v) is 10.3. The summed E-state index contributed by atoms with van der Waals surface area (Å²) in [6.45, 7) is 0. The smallest absolute Gasteiger partial charge is 0.240 e. The van der Waals surface area contributed by atoms with Gasteiger partial charge in [0.2, 0.25) is 10.0 Å². The Balaban J connectivity index is 1.74. The lowest BCUT2D eigenvalue weighted by Gasteiger charge is -2.40. The predicted molar refractivity (Wildman–Crippen MR) is 98.7 cm³/mol. The summed E-state index contributed by atoms with van der Waals surface area (Å²) in [7, 11) is -3.62. The number of rotatable bonds is 6. The maximum absolute atomic E-state index is 12.6. The van der Waals surface area contributed by atoms with Gasteiger partial charge in [0.1, 0.15) is 0 Å². The van der Waals surface area contributed by atoms with E-state index in [-0.39, 0.29) is 4.90 Å². The summed E-state index contributed by atoms with van der Waals surface area (Å²) in [5.74, 6) is 0. The first-order valence-electron chi connectivity index (χ1n) is 8.83. The number of aryl methyl sites for hydroxylation is 1. The molecule has 3 rings (SSSR count). The molecule has 0 heterocycles. The first-order chi connectivity index (χ1) is 12.0. The molecule has 0 saturated heterocycles. The van der Waals surface area contributed by atoms with Crippen molar-refractivity contribution in [3.63, 3.8) is 0 Å². The van der Waals surface area contributed by atoms with Gasteiger partial charge in [-0.05, 0) is 43.4 Å². The van der Waals surface area contributed by atoms with Crippen LogP contribution >= 0.6 is 0 Å². The number of benzene rings is 2. The summed E-state index contributed by atoms with van der Waals surface area (Å²) in [6.07, 6.45) is 4.43. The summed E-state index contributed by atoms with van der Waals surface area (Å²) in [5, 5.41) is 11.2. The second-order valence-electron chi connectivity index (χ2n) is 6.82. The van der Waals surface area contributed by atoms with Gasteiger partial charge < -0.3 is 5.11 Å². The molecule has 2 aromatic rings. The quantitative estimate of drug-likeness (QED) is 0.832. The summed E-state index contributed by atoms with van der Waals surface area (Å²) >= 11 is 0. The molecule has 25 heavy (non-hydrogen) atoms. The van der Waals surface area contributed by atoms with Crippen LogP contribution in [0.15, 0.2) is 65.6 Å². The van der Waals surface area contributed by atoms with E-state index in [1.807, 2.05) is 30.3 Å². The van der Waals surface area contributed by atoms with Crippen molar-refractivity contribution < 1.29 is 13.5 Å². The van der Waals surface area contributed by atoms with E-state index in [4.69, 9.17) is 0 Å². The molecule has 5 heteroatoms. The van der Waals surface area contributed by atoms with E-state index < -0.39 is 21.7 Å². The van der Waals surface area contributed by atoms with Crippen LogP contribution in [0.4, 0.5) is 0 Å². The number of hydrogen-bond acceptors (Lipinski definition) is 3. The lowest BCUT2D eigenvalue weighted by atomic mass is 9.77. The van der Waals surface area contributed by atoms with Crippen LogP contribution < -0.4 is 4.72 Å². The second kappa shape index (κ2) is 7.68. The Bertz CT molecular complexity index is 777. The molecule has 4 nitrogen and oxygen atoms in total. The van der Waals surface area contributed by atoms with E-state index in [9.17, 15) is 13.5 Å². The van der Waals surface area contributed by atoms with Crippen LogP contribution in [0, 0.1) is 0 Å². The van der Waals surface area contributed by atoms with E-state index in [1.165, 1.54) is 0 Å². The zero-order valence-corrected chi connectivity index (χ0v) is 15.1. The molecule has 1 saturated carbocycles. The predicted octanol–water partition coefficient (Wildman–Crippen LogP) is 3.27. The molecule has 1 fully saturated rings. The summed E-state index contributed by atoms with van der Waals surface area (Å²) in [6, 6.07) is 17.9. The van der Waals surface area contributed by atoms with Crippen molar-refractivity contribution in [1.82, 2.24) is 4.72 Å². The van der Waals surface area contributed by atoms with Crippen LogP contribution in [-0.2, 0) is 16.4 Å². The third-order valence-corrected chi connectivity index (χ3v) is 6.53. The Labute approximate surface area is 150 Å². The second-order valence-corrected chi connectivity index (χ2v) is 8.54. The van der Waals surface area contributed by atoms with E-state index in [0.29, 0.717) is 19.3 Å². The highest BCUT2D eigenvalue weighted by atomic mass is 32.2. The number of nitrogens with one attached hydrogen (secondary N) is 1. The van der Waals surface area contributed by atoms with Crippen LogP contribution in [0.25, 0.3) is 0 Å². The maximum Gasteiger partial charge on any atom is 0.240 e. The molecular formula is C20H25NO3S. The van der Waals surface area contributed by atoms with Crippen molar-refractivity contribution in [3.05, 3.63) is 66.2 Å². The minimum atomic E-state index is -3.62. The Morgan fingerprint density at radius 2 is 1.64 bits per heavy atom. The average Bonchev–Trinajstić information content (AvgIpc) is 2.64. The van der Waals surface area contributed by atoms with Gasteiger partial charge in [-0.2, -0.15) is 0 Å².